The van der Waals surface area contributed by atoms with Gasteiger partial charge in [0.15, 0.2) is 5.88 Å². The van der Waals surface area contributed by atoms with Crippen molar-refractivity contribution in [3.8, 4) is 0 Å². The standard InChI is InChI=1S/C17H18F3N3O6S/c1-2-14(24)22-30(27,28)8-23-15(25)10-6-9(13-4-3-5-29-13)11(17(18,19)20)7-12(10)21-16(23)26/h6-7,13H,2-5,8H2,1H3,(H,21,26)(H,22,24)/t13-/m1/s1. The van der Waals surface area contributed by atoms with Gasteiger partial charge in [0.05, 0.1) is 22.6 Å². The second-order valence-corrected chi connectivity index (χ2v) is 8.46. The Morgan fingerprint density at radius 3 is 2.60 bits per heavy atom. The van der Waals surface area contributed by atoms with Crippen LogP contribution in [0.25, 0.3) is 10.9 Å². The summed E-state index contributed by atoms with van der Waals surface area (Å²) in [6.45, 7) is 1.68. The van der Waals surface area contributed by atoms with Crippen molar-refractivity contribution >= 4 is 26.8 Å². The summed E-state index contributed by atoms with van der Waals surface area (Å²) in [6, 6.07) is 1.62. The molecule has 1 saturated heterocycles. The van der Waals surface area contributed by atoms with E-state index in [-0.39, 0.29) is 29.5 Å². The molecule has 0 aliphatic carbocycles. The molecule has 2 aromatic rings. The largest absolute Gasteiger partial charge is 0.416 e. The number of hydrogen-bond acceptors (Lipinski definition) is 6. The number of H-pyrrole nitrogens is 1. The van der Waals surface area contributed by atoms with Crippen LogP contribution >= 0.6 is 0 Å². The quantitative estimate of drug-likeness (QED) is 0.710. The monoisotopic (exact) mass is 449 g/mol. The van der Waals surface area contributed by atoms with Crippen molar-refractivity contribution in [3.05, 3.63) is 44.1 Å². The molecule has 2 N–H and O–H groups in total. The van der Waals surface area contributed by atoms with Crippen LogP contribution in [0, 0.1) is 0 Å². The second kappa shape index (κ2) is 7.87. The number of carbonyl (C=O) groups is 1. The third-order valence-corrected chi connectivity index (χ3v) is 5.76. The number of ether oxygens (including phenoxy) is 1. The van der Waals surface area contributed by atoms with Crippen LogP contribution in [0.2, 0.25) is 0 Å². The molecule has 1 aromatic heterocycles. The Morgan fingerprint density at radius 2 is 2.03 bits per heavy atom. The molecule has 1 fully saturated rings. The smallest absolute Gasteiger partial charge is 0.374 e. The highest BCUT2D eigenvalue weighted by Crippen LogP contribution is 2.40. The first-order valence-electron chi connectivity index (χ1n) is 8.96. The zero-order valence-corrected chi connectivity index (χ0v) is 16.5. The Bertz CT molecular complexity index is 1210. The number of aromatic nitrogens is 2. The highest BCUT2D eigenvalue weighted by atomic mass is 32.2. The average molecular weight is 449 g/mol. The Hall–Kier alpha value is -2.67. The highest BCUT2D eigenvalue weighted by molar-refractivity contribution is 7.89. The lowest BCUT2D eigenvalue weighted by Gasteiger charge is -2.18. The summed E-state index contributed by atoms with van der Waals surface area (Å²) in [5, 5.41) is -0.301. The number of benzene rings is 1. The maximum Gasteiger partial charge on any atom is 0.416 e. The summed E-state index contributed by atoms with van der Waals surface area (Å²) in [5.74, 6) is -2.00. The van der Waals surface area contributed by atoms with Gasteiger partial charge in [0, 0.05) is 13.0 Å². The van der Waals surface area contributed by atoms with Crippen molar-refractivity contribution in [2.45, 2.75) is 44.3 Å². The van der Waals surface area contributed by atoms with Crippen molar-refractivity contribution in [2.75, 3.05) is 6.61 Å². The number of aromatic amines is 1. The van der Waals surface area contributed by atoms with Crippen molar-refractivity contribution < 1.29 is 31.1 Å². The summed E-state index contributed by atoms with van der Waals surface area (Å²) in [5.41, 5.74) is -4.01. The van der Waals surface area contributed by atoms with Crippen molar-refractivity contribution in [2.24, 2.45) is 0 Å². The zero-order valence-electron chi connectivity index (χ0n) is 15.7. The molecule has 0 unspecified atom stereocenters. The van der Waals surface area contributed by atoms with E-state index in [0.717, 1.165) is 6.07 Å². The fourth-order valence-corrected chi connectivity index (χ4v) is 4.35. The lowest BCUT2D eigenvalue weighted by molar-refractivity contribution is -0.139. The van der Waals surface area contributed by atoms with E-state index in [2.05, 4.69) is 4.98 Å². The van der Waals surface area contributed by atoms with Crippen LogP contribution in [0.3, 0.4) is 0 Å². The van der Waals surface area contributed by atoms with Gasteiger partial charge in [-0.3, -0.25) is 14.3 Å². The van der Waals surface area contributed by atoms with Gasteiger partial charge in [-0.15, -0.1) is 0 Å². The summed E-state index contributed by atoms with van der Waals surface area (Å²) in [4.78, 5) is 38.4. The molecule has 1 aliphatic rings. The molecule has 1 aromatic carbocycles. The Balaban J connectivity index is 2.18. The molecule has 9 nitrogen and oxygen atoms in total. The number of nitrogens with zero attached hydrogens (tertiary/aromatic N) is 1. The van der Waals surface area contributed by atoms with E-state index >= 15 is 0 Å². The number of halogens is 3. The maximum atomic E-state index is 13.5. The molecule has 0 bridgehead atoms. The van der Waals surface area contributed by atoms with Crippen molar-refractivity contribution in [1.29, 1.82) is 0 Å². The first kappa shape index (κ1) is 22.0. The van der Waals surface area contributed by atoms with E-state index in [4.69, 9.17) is 4.74 Å². The van der Waals surface area contributed by atoms with E-state index in [1.165, 1.54) is 6.92 Å². The average Bonchev–Trinajstić information content (AvgIpc) is 3.17. The van der Waals surface area contributed by atoms with Gasteiger partial charge in [0.1, 0.15) is 0 Å². The van der Waals surface area contributed by atoms with E-state index < -0.39 is 50.9 Å². The molecule has 2 heterocycles. The number of hydrogen-bond donors (Lipinski definition) is 2. The van der Waals surface area contributed by atoms with Crippen molar-refractivity contribution in [1.82, 2.24) is 14.3 Å². The summed E-state index contributed by atoms with van der Waals surface area (Å²) < 4.78 is 72.1. The molecule has 0 radical (unpaired) electrons. The lowest BCUT2D eigenvalue weighted by Crippen LogP contribution is -2.41. The van der Waals surface area contributed by atoms with Crippen LogP contribution in [0.1, 0.15) is 43.4 Å². The van der Waals surface area contributed by atoms with Gasteiger partial charge in [-0.25, -0.2) is 17.8 Å². The molecule has 0 saturated carbocycles. The van der Waals surface area contributed by atoms with E-state index in [1.54, 1.807) is 4.72 Å². The molecule has 1 aliphatic heterocycles. The summed E-state index contributed by atoms with van der Waals surface area (Å²) in [7, 11) is -4.38. The molecule has 0 spiro atoms. The predicted octanol–water partition coefficient (Wildman–Crippen LogP) is 1.37. The Labute approximate surface area is 167 Å². The van der Waals surface area contributed by atoms with Gasteiger partial charge in [-0.1, -0.05) is 6.92 Å². The van der Waals surface area contributed by atoms with Gasteiger partial charge in [0.25, 0.3) is 15.6 Å². The number of nitrogens with one attached hydrogen (secondary N) is 2. The third kappa shape index (κ3) is 4.41. The van der Waals surface area contributed by atoms with Crippen LogP contribution in [0.15, 0.2) is 21.7 Å². The lowest BCUT2D eigenvalue weighted by atomic mass is 9.97. The van der Waals surface area contributed by atoms with Gasteiger partial charge in [-0.05, 0) is 30.5 Å². The summed E-state index contributed by atoms with van der Waals surface area (Å²) in [6.07, 6.45) is -4.91. The number of sulfonamides is 1. The molecular weight excluding hydrogens is 431 g/mol. The van der Waals surface area contributed by atoms with Crippen LogP contribution < -0.4 is 16.0 Å². The van der Waals surface area contributed by atoms with Crippen LogP contribution in [0.4, 0.5) is 13.2 Å². The van der Waals surface area contributed by atoms with Crippen LogP contribution in [-0.2, 0) is 31.6 Å². The van der Waals surface area contributed by atoms with E-state index in [1.807, 2.05) is 0 Å². The van der Waals surface area contributed by atoms with Gasteiger partial charge >= 0.3 is 11.9 Å². The van der Waals surface area contributed by atoms with Gasteiger partial charge in [-0.2, -0.15) is 13.2 Å². The Morgan fingerprint density at radius 1 is 1.33 bits per heavy atom. The predicted molar refractivity (Wildman–Crippen MR) is 99.1 cm³/mol. The fraction of sp³-hybridized carbons (Fsp3) is 0.471. The minimum absolute atomic E-state index is 0.146. The first-order valence-corrected chi connectivity index (χ1v) is 10.6. The Kier molecular flexibility index (Phi) is 5.78. The van der Waals surface area contributed by atoms with Crippen LogP contribution in [-0.4, -0.2) is 30.5 Å². The number of amides is 1. The van der Waals surface area contributed by atoms with Crippen molar-refractivity contribution in [3.63, 3.8) is 0 Å². The second-order valence-electron chi connectivity index (χ2n) is 6.77. The molecule has 30 heavy (non-hydrogen) atoms. The molecule has 3 rings (SSSR count). The third-order valence-electron chi connectivity index (χ3n) is 4.62. The molecule has 13 heteroatoms. The molecular formula is C17H18F3N3O6S. The number of carbonyl (C=O) groups excluding carboxylic acids is 1. The molecule has 164 valence electrons. The number of rotatable bonds is 5. The topological polar surface area (TPSA) is 127 Å². The van der Waals surface area contributed by atoms with Gasteiger partial charge in [0.2, 0.25) is 5.91 Å². The zero-order chi connectivity index (χ0) is 22.3. The highest BCUT2D eigenvalue weighted by Gasteiger charge is 2.37. The maximum absolute atomic E-state index is 13.5. The minimum Gasteiger partial charge on any atom is -0.374 e. The first-order chi connectivity index (χ1) is 13.9. The SMILES string of the molecule is CCC(=O)NS(=O)(=O)Cn1c(=O)[nH]c2cc(C(F)(F)F)c([C@H]3CCCO3)cc2c1=O. The minimum atomic E-state index is -4.75. The number of fused-ring (bicyclic) bond motifs is 1. The van der Waals surface area contributed by atoms with E-state index in [9.17, 15) is 36.0 Å². The van der Waals surface area contributed by atoms with Gasteiger partial charge < -0.3 is 9.72 Å². The number of alkyl halides is 3. The van der Waals surface area contributed by atoms with Crippen LogP contribution in [0.5, 0.6) is 0 Å². The fourth-order valence-electron chi connectivity index (χ4n) is 3.22. The van der Waals surface area contributed by atoms with E-state index in [0.29, 0.717) is 23.5 Å². The molecule has 1 amide bonds. The summed E-state index contributed by atoms with van der Waals surface area (Å²) >= 11 is 0. The molecule has 1 atom stereocenters. The normalized spacial score (nSPS) is 17.4.